The van der Waals surface area contributed by atoms with Gasteiger partial charge in [-0.15, -0.1) is 11.3 Å². The van der Waals surface area contributed by atoms with Crippen LogP contribution in [-0.2, 0) is 16.9 Å². The maximum absolute atomic E-state index is 12.0. The van der Waals surface area contributed by atoms with Gasteiger partial charge in [0.2, 0.25) is 0 Å². The summed E-state index contributed by atoms with van der Waals surface area (Å²) in [6.45, 7) is 1.84. The predicted molar refractivity (Wildman–Crippen MR) is 81.1 cm³/mol. The lowest BCUT2D eigenvalue weighted by molar-refractivity contribution is -0.144. The Bertz CT molecular complexity index is 613. The Morgan fingerprint density at radius 1 is 1.19 bits per heavy atom. The third-order valence-corrected chi connectivity index (χ3v) is 4.02. The highest BCUT2D eigenvalue weighted by atomic mass is 32.1. The smallest absolute Gasteiger partial charge is 0.333 e. The summed E-state index contributed by atoms with van der Waals surface area (Å²) in [6.07, 6.45) is 0. The van der Waals surface area contributed by atoms with E-state index < -0.39 is 17.5 Å². The van der Waals surface area contributed by atoms with Crippen molar-refractivity contribution in [2.45, 2.75) is 19.0 Å². The zero-order chi connectivity index (χ0) is 15.3. The summed E-state index contributed by atoms with van der Waals surface area (Å²) in [6, 6.07) is 11.9. The monoisotopic (exact) mass is 304 g/mol. The molecule has 2 aromatic rings. The molecule has 0 saturated heterocycles. The van der Waals surface area contributed by atoms with E-state index in [1.54, 1.807) is 30.3 Å². The number of rotatable bonds is 5. The van der Waals surface area contributed by atoms with E-state index in [4.69, 9.17) is 0 Å². The van der Waals surface area contributed by atoms with E-state index in [-0.39, 0.29) is 0 Å². The van der Waals surface area contributed by atoms with Gasteiger partial charge >= 0.3 is 12.0 Å². The minimum absolute atomic E-state index is 0.369. The maximum Gasteiger partial charge on any atom is 0.333 e. The largest absolute Gasteiger partial charge is 0.479 e. The molecule has 1 aromatic carbocycles. The Morgan fingerprint density at radius 3 is 2.48 bits per heavy atom. The molecular weight excluding hydrogens is 288 g/mol. The molecule has 21 heavy (non-hydrogen) atoms. The number of carbonyl (C=O) groups excluding carboxylic acids is 1. The van der Waals surface area contributed by atoms with Crippen molar-refractivity contribution in [1.82, 2.24) is 10.6 Å². The molecule has 0 fully saturated rings. The van der Waals surface area contributed by atoms with Crippen molar-refractivity contribution in [2.75, 3.05) is 0 Å². The molecule has 0 aliphatic heterocycles. The first-order valence-electron chi connectivity index (χ1n) is 6.39. The lowest BCUT2D eigenvalue weighted by Crippen LogP contribution is -2.52. The molecule has 0 aliphatic carbocycles. The minimum atomic E-state index is -1.47. The number of urea groups is 1. The number of carbonyl (C=O) groups is 2. The van der Waals surface area contributed by atoms with E-state index in [2.05, 4.69) is 10.6 Å². The second-order valence-corrected chi connectivity index (χ2v) is 5.72. The fourth-order valence-electron chi connectivity index (χ4n) is 1.87. The molecule has 1 unspecified atom stereocenters. The van der Waals surface area contributed by atoms with Crippen LogP contribution in [0.2, 0.25) is 0 Å². The Labute approximate surface area is 126 Å². The van der Waals surface area contributed by atoms with Crippen molar-refractivity contribution >= 4 is 23.3 Å². The molecule has 110 valence electrons. The number of carboxylic acid groups (broad SMARTS) is 1. The van der Waals surface area contributed by atoms with Crippen molar-refractivity contribution < 1.29 is 14.7 Å². The summed E-state index contributed by atoms with van der Waals surface area (Å²) in [5.74, 6) is -1.11. The Hall–Kier alpha value is -2.34. The highest BCUT2D eigenvalue weighted by Crippen LogP contribution is 2.20. The van der Waals surface area contributed by atoms with E-state index in [1.165, 1.54) is 18.3 Å². The number of nitrogens with one attached hydrogen (secondary N) is 2. The van der Waals surface area contributed by atoms with Crippen LogP contribution in [0, 0.1) is 0 Å². The molecule has 0 aliphatic rings. The number of benzene rings is 1. The van der Waals surface area contributed by atoms with Gasteiger partial charge in [-0.2, -0.15) is 0 Å². The van der Waals surface area contributed by atoms with Gasteiger partial charge in [0.05, 0.1) is 6.54 Å². The molecule has 3 N–H and O–H groups in total. The highest BCUT2D eigenvalue weighted by Gasteiger charge is 2.36. The van der Waals surface area contributed by atoms with E-state index in [0.29, 0.717) is 12.1 Å². The zero-order valence-electron chi connectivity index (χ0n) is 11.5. The van der Waals surface area contributed by atoms with Crippen LogP contribution >= 0.6 is 11.3 Å². The van der Waals surface area contributed by atoms with E-state index in [0.717, 1.165) is 4.88 Å². The number of carboxylic acids is 1. The summed E-state index contributed by atoms with van der Waals surface area (Å²) >= 11 is 1.53. The second kappa shape index (κ2) is 6.41. The van der Waals surface area contributed by atoms with Crippen molar-refractivity contribution in [1.29, 1.82) is 0 Å². The molecule has 2 amide bonds. The number of hydrogen-bond donors (Lipinski definition) is 3. The Morgan fingerprint density at radius 2 is 1.90 bits per heavy atom. The summed E-state index contributed by atoms with van der Waals surface area (Å²) in [4.78, 5) is 24.5. The van der Waals surface area contributed by atoms with Gasteiger partial charge in [0.15, 0.2) is 5.54 Å². The normalized spacial score (nSPS) is 13.2. The first-order chi connectivity index (χ1) is 10.0. The lowest BCUT2D eigenvalue weighted by atomic mass is 9.92. The van der Waals surface area contributed by atoms with Crippen LogP contribution in [0.3, 0.4) is 0 Å². The van der Waals surface area contributed by atoms with Gasteiger partial charge in [-0.1, -0.05) is 36.4 Å². The van der Waals surface area contributed by atoms with Gasteiger partial charge in [0.1, 0.15) is 0 Å². The van der Waals surface area contributed by atoms with Crippen LogP contribution in [0.15, 0.2) is 47.8 Å². The summed E-state index contributed by atoms with van der Waals surface area (Å²) in [5, 5.41) is 16.6. The van der Waals surface area contributed by atoms with Crippen molar-refractivity contribution in [3.8, 4) is 0 Å². The van der Waals surface area contributed by atoms with Crippen LogP contribution in [0.4, 0.5) is 4.79 Å². The van der Waals surface area contributed by atoms with Crippen LogP contribution in [0.5, 0.6) is 0 Å². The van der Waals surface area contributed by atoms with Crippen LogP contribution < -0.4 is 10.6 Å². The molecule has 0 saturated carbocycles. The van der Waals surface area contributed by atoms with E-state index in [9.17, 15) is 14.7 Å². The zero-order valence-corrected chi connectivity index (χ0v) is 12.3. The lowest BCUT2D eigenvalue weighted by Gasteiger charge is -2.26. The SMILES string of the molecule is CC(NC(=O)NCc1cccs1)(C(=O)O)c1ccccc1. The molecule has 2 rings (SSSR count). The summed E-state index contributed by atoms with van der Waals surface area (Å²) in [5.41, 5.74) is -0.954. The highest BCUT2D eigenvalue weighted by molar-refractivity contribution is 7.09. The van der Waals surface area contributed by atoms with Gasteiger partial charge < -0.3 is 15.7 Å². The molecule has 0 spiro atoms. The molecule has 1 aromatic heterocycles. The Kier molecular flexibility index (Phi) is 4.59. The summed E-state index contributed by atoms with van der Waals surface area (Å²) in [7, 11) is 0. The topological polar surface area (TPSA) is 78.4 Å². The van der Waals surface area contributed by atoms with Crippen LogP contribution in [0.25, 0.3) is 0 Å². The number of aliphatic carboxylic acids is 1. The summed E-state index contributed by atoms with van der Waals surface area (Å²) < 4.78 is 0. The molecule has 1 heterocycles. The van der Waals surface area contributed by atoms with E-state index in [1.807, 2.05) is 17.5 Å². The number of hydrogen-bond acceptors (Lipinski definition) is 3. The fourth-order valence-corrected chi connectivity index (χ4v) is 2.52. The third kappa shape index (κ3) is 3.61. The number of amides is 2. The van der Waals surface area contributed by atoms with E-state index >= 15 is 0 Å². The maximum atomic E-state index is 12.0. The molecule has 1 atom stereocenters. The van der Waals surface area contributed by atoms with Gasteiger partial charge in [0, 0.05) is 4.88 Å². The third-order valence-electron chi connectivity index (χ3n) is 3.15. The van der Waals surface area contributed by atoms with Crippen molar-refractivity contribution in [2.24, 2.45) is 0 Å². The number of thiophene rings is 1. The first kappa shape index (κ1) is 15.1. The van der Waals surface area contributed by atoms with Crippen LogP contribution in [-0.4, -0.2) is 17.1 Å². The minimum Gasteiger partial charge on any atom is -0.479 e. The fraction of sp³-hybridized carbons (Fsp3) is 0.200. The predicted octanol–water partition coefficient (Wildman–Crippen LogP) is 2.55. The van der Waals surface area contributed by atoms with Gasteiger partial charge in [-0.25, -0.2) is 9.59 Å². The molecule has 0 bridgehead atoms. The molecule has 0 radical (unpaired) electrons. The van der Waals surface area contributed by atoms with Crippen molar-refractivity contribution in [3.05, 3.63) is 58.3 Å². The quantitative estimate of drug-likeness (QED) is 0.794. The molecule has 5 nitrogen and oxygen atoms in total. The van der Waals surface area contributed by atoms with Crippen molar-refractivity contribution in [3.63, 3.8) is 0 Å². The second-order valence-electron chi connectivity index (χ2n) is 4.68. The van der Waals surface area contributed by atoms with Gasteiger partial charge in [-0.05, 0) is 23.9 Å². The Balaban J connectivity index is 2.06. The first-order valence-corrected chi connectivity index (χ1v) is 7.27. The average Bonchev–Trinajstić information content (AvgIpc) is 2.99. The standard InChI is InChI=1S/C15H16N2O3S/c1-15(13(18)19,11-6-3-2-4-7-11)17-14(20)16-10-12-8-5-9-21-12/h2-9H,10H2,1H3,(H,18,19)(H2,16,17,20). The molecular formula is C15H16N2O3S. The van der Waals surface area contributed by atoms with Crippen LogP contribution in [0.1, 0.15) is 17.4 Å². The molecule has 6 heteroatoms. The van der Waals surface area contributed by atoms with Gasteiger partial charge in [-0.3, -0.25) is 0 Å². The van der Waals surface area contributed by atoms with Gasteiger partial charge in [0.25, 0.3) is 0 Å². The average molecular weight is 304 g/mol.